The Bertz CT molecular complexity index is 499. The van der Waals surface area contributed by atoms with Crippen molar-refractivity contribution in [2.45, 2.75) is 20.3 Å². The Morgan fingerprint density at radius 3 is 2.69 bits per heavy atom. The molecule has 0 atom stereocenters. The molecule has 0 saturated carbocycles. The van der Waals surface area contributed by atoms with Crippen LogP contribution in [0.4, 0.5) is 0 Å². The largest absolute Gasteiger partial charge is 0.293 e. The first kappa shape index (κ1) is 10.5. The van der Waals surface area contributed by atoms with Gasteiger partial charge in [-0.2, -0.15) is 5.10 Å². The molecule has 0 unspecified atom stereocenters. The van der Waals surface area contributed by atoms with Crippen LogP contribution in [0.5, 0.6) is 0 Å². The predicted octanol–water partition coefficient (Wildman–Crippen LogP) is 2.03. The molecule has 0 amide bonds. The molecule has 0 bridgehead atoms. The number of aryl methyl sites for hydroxylation is 1. The van der Waals surface area contributed by atoms with Crippen molar-refractivity contribution < 1.29 is 4.79 Å². The van der Waals surface area contributed by atoms with E-state index in [4.69, 9.17) is 0 Å². The van der Waals surface area contributed by atoms with Gasteiger partial charge in [-0.05, 0) is 24.1 Å². The number of hydrogen-bond donors (Lipinski definition) is 0. The maximum absolute atomic E-state index is 11.1. The number of ketones is 1. The summed E-state index contributed by atoms with van der Waals surface area (Å²) in [6.45, 7) is 3.59. The minimum absolute atomic E-state index is 0.0266. The highest BCUT2D eigenvalue weighted by atomic mass is 16.1. The van der Waals surface area contributed by atoms with Gasteiger partial charge in [0.2, 0.25) is 0 Å². The van der Waals surface area contributed by atoms with Crippen molar-refractivity contribution in [3.05, 3.63) is 42.0 Å². The molecule has 2 aromatic rings. The first-order chi connectivity index (χ1) is 7.70. The zero-order valence-electron chi connectivity index (χ0n) is 9.34. The summed E-state index contributed by atoms with van der Waals surface area (Å²) in [4.78, 5) is 15.1. The number of carbonyl (C=O) groups excluding carboxylic acids is 1. The van der Waals surface area contributed by atoms with Gasteiger partial charge in [-0.15, -0.1) is 0 Å². The van der Waals surface area contributed by atoms with Crippen LogP contribution in [0.15, 0.2) is 30.7 Å². The zero-order chi connectivity index (χ0) is 11.5. The van der Waals surface area contributed by atoms with Crippen LogP contribution in [0.3, 0.4) is 0 Å². The summed E-state index contributed by atoms with van der Waals surface area (Å²) >= 11 is 0. The molecule has 16 heavy (non-hydrogen) atoms. The van der Waals surface area contributed by atoms with E-state index in [-0.39, 0.29) is 5.78 Å². The van der Waals surface area contributed by atoms with E-state index in [1.54, 1.807) is 16.9 Å². The second-order valence-electron chi connectivity index (χ2n) is 3.60. The molecular weight excluding hydrogens is 202 g/mol. The molecule has 4 heteroatoms. The molecule has 0 aliphatic carbocycles. The van der Waals surface area contributed by atoms with Crippen LogP contribution in [0, 0.1) is 0 Å². The van der Waals surface area contributed by atoms with Crippen molar-refractivity contribution in [1.82, 2.24) is 14.8 Å². The fourth-order valence-electron chi connectivity index (χ4n) is 1.41. The monoisotopic (exact) mass is 215 g/mol. The third-order valence-corrected chi connectivity index (χ3v) is 2.42. The molecule has 2 rings (SSSR count). The van der Waals surface area contributed by atoms with Crippen molar-refractivity contribution in [2.24, 2.45) is 0 Å². The molecular formula is C12H13N3O. The van der Waals surface area contributed by atoms with Gasteiger partial charge in [0, 0.05) is 13.1 Å². The van der Waals surface area contributed by atoms with Crippen LogP contribution in [0.2, 0.25) is 0 Å². The number of aromatic nitrogens is 3. The number of nitrogens with zero attached hydrogens (tertiary/aromatic N) is 3. The summed E-state index contributed by atoms with van der Waals surface area (Å²) in [6.07, 6.45) is 6.41. The van der Waals surface area contributed by atoms with Gasteiger partial charge in [-0.25, -0.2) is 4.68 Å². The van der Waals surface area contributed by atoms with Gasteiger partial charge >= 0.3 is 0 Å². The van der Waals surface area contributed by atoms with Crippen LogP contribution in [0.1, 0.15) is 29.9 Å². The summed E-state index contributed by atoms with van der Waals surface area (Å²) in [5.74, 6) is -0.0266. The predicted molar refractivity (Wildman–Crippen MR) is 60.7 cm³/mol. The summed E-state index contributed by atoms with van der Waals surface area (Å²) in [7, 11) is 0. The smallest absolute Gasteiger partial charge is 0.178 e. The molecule has 0 spiro atoms. The molecule has 0 aromatic carbocycles. The van der Waals surface area contributed by atoms with E-state index in [0.717, 1.165) is 12.1 Å². The summed E-state index contributed by atoms with van der Waals surface area (Å²) < 4.78 is 1.76. The molecule has 0 aliphatic rings. The van der Waals surface area contributed by atoms with Crippen molar-refractivity contribution in [3.8, 4) is 5.69 Å². The SMILES string of the molecule is CCc1cnn(-c2ccc(C(C)=O)nc2)c1. The Morgan fingerprint density at radius 1 is 1.38 bits per heavy atom. The van der Waals surface area contributed by atoms with Gasteiger partial charge in [0.25, 0.3) is 0 Å². The lowest BCUT2D eigenvalue weighted by molar-refractivity contribution is 0.101. The second kappa shape index (κ2) is 4.26. The van der Waals surface area contributed by atoms with Crippen LogP contribution < -0.4 is 0 Å². The first-order valence-corrected chi connectivity index (χ1v) is 5.21. The molecule has 0 radical (unpaired) electrons. The Kier molecular flexibility index (Phi) is 2.81. The van der Waals surface area contributed by atoms with Crippen LogP contribution in [0.25, 0.3) is 5.69 Å². The quantitative estimate of drug-likeness (QED) is 0.736. The van der Waals surface area contributed by atoms with Gasteiger partial charge in [0.15, 0.2) is 5.78 Å². The van der Waals surface area contributed by atoms with Crippen LogP contribution in [-0.4, -0.2) is 20.5 Å². The minimum atomic E-state index is -0.0266. The molecule has 0 aliphatic heterocycles. The third-order valence-electron chi connectivity index (χ3n) is 2.42. The van der Waals surface area contributed by atoms with Crippen molar-refractivity contribution in [1.29, 1.82) is 0 Å². The average Bonchev–Trinajstić information content (AvgIpc) is 2.77. The van der Waals surface area contributed by atoms with Gasteiger partial charge in [0.05, 0.1) is 18.1 Å². The molecule has 4 nitrogen and oxygen atoms in total. The topological polar surface area (TPSA) is 47.8 Å². The average molecular weight is 215 g/mol. The molecule has 0 N–H and O–H groups in total. The van der Waals surface area contributed by atoms with Crippen molar-refractivity contribution in [2.75, 3.05) is 0 Å². The molecule has 2 heterocycles. The fraction of sp³-hybridized carbons (Fsp3) is 0.250. The summed E-state index contributed by atoms with van der Waals surface area (Å²) in [6, 6.07) is 3.56. The lowest BCUT2D eigenvalue weighted by atomic mass is 10.2. The lowest BCUT2D eigenvalue weighted by Gasteiger charge is -2.00. The zero-order valence-corrected chi connectivity index (χ0v) is 9.34. The standard InChI is InChI=1S/C12H13N3O/c1-3-10-6-14-15(8-10)11-4-5-12(9(2)16)13-7-11/h4-8H,3H2,1-2H3. The van der Waals surface area contributed by atoms with Crippen LogP contribution in [-0.2, 0) is 6.42 Å². The normalized spacial score (nSPS) is 10.4. The Balaban J connectivity index is 2.30. The molecule has 0 saturated heterocycles. The highest BCUT2D eigenvalue weighted by Crippen LogP contribution is 2.08. The minimum Gasteiger partial charge on any atom is -0.293 e. The van der Waals surface area contributed by atoms with E-state index in [1.807, 2.05) is 18.5 Å². The Hall–Kier alpha value is -1.97. The van der Waals surface area contributed by atoms with E-state index in [1.165, 1.54) is 12.5 Å². The maximum Gasteiger partial charge on any atom is 0.178 e. The van der Waals surface area contributed by atoms with E-state index < -0.39 is 0 Å². The van der Waals surface area contributed by atoms with Gasteiger partial charge in [-0.3, -0.25) is 9.78 Å². The summed E-state index contributed by atoms with van der Waals surface area (Å²) in [5, 5.41) is 4.22. The highest BCUT2D eigenvalue weighted by Gasteiger charge is 2.03. The van der Waals surface area contributed by atoms with E-state index in [9.17, 15) is 4.79 Å². The van der Waals surface area contributed by atoms with Gasteiger partial charge in [-0.1, -0.05) is 6.92 Å². The number of carbonyl (C=O) groups is 1. The fourth-order valence-corrected chi connectivity index (χ4v) is 1.41. The van der Waals surface area contributed by atoms with E-state index >= 15 is 0 Å². The Morgan fingerprint density at radius 2 is 2.19 bits per heavy atom. The third kappa shape index (κ3) is 2.00. The van der Waals surface area contributed by atoms with Gasteiger partial charge < -0.3 is 0 Å². The summed E-state index contributed by atoms with van der Waals surface area (Å²) in [5.41, 5.74) is 2.52. The number of hydrogen-bond acceptors (Lipinski definition) is 3. The van der Waals surface area contributed by atoms with Gasteiger partial charge in [0.1, 0.15) is 5.69 Å². The molecule has 82 valence electrons. The van der Waals surface area contributed by atoms with Crippen LogP contribution >= 0.6 is 0 Å². The lowest BCUT2D eigenvalue weighted by Crippen LogP contribution is -1.99. The second-order valence-corrected chi connectivity index (χ2v) is 3.60. The van der Waals surface area contributed by atoms with E-state index in [0.29, 0.717) is 5.69 Å². The van der Waals surface area contributed by atoms with Crippen molar-refractivity contribution >= 4 is 5.78 Å². The number of Topliss-reactive ketones (excluding diaryl/α,β-unsaturated/α-hetero) is 1. The Labute approximate surface area is 93.9 Å². The highest BCUT2D eigenvalue weighted by molar-refractivity contribution is 5.92. The van der Waals surface area contributed by atoms with Crippen molar-refractivity contribution in [3.63, 3.8) is 0 Å². The number of pyridine rings is 1. The molecule has 0 fully saturated rings. The molecule has 2 aromatic heterocycles. The number of rotatable bonds is 3. The maximum atomic E-state index is 11.1. The first-order valence-electron chi connectivity index (χ1n) is 5.21. The van der Waals surface area contributed by atoms with E-state index in [2.05, 4.69) is 17.0 Å².